The molecule has 1 unspecified atom stereocenters. The molecule has 6 rings (SSSR count). The molecule has 6 N–H and O–H groups in total. The lowest BCUT2D eigenvalue weighted by Gasteiger charge is -2.39. The van der Waals surface area contributed by atoms with Crippen molar-refractivity contribution >= 4 is 56.4 Å². The topological polar surface area (TPSA) is 186 Å². The molecular weight excluding hydrogens is 580 g/mol. The van der Waals surface area contributed by atoms with Crippen LogP contribution in [0.25, 0.3) is 5.57 Å². The molecule has 1 atom stereocenters. The van der Waals surface area contributed by atoms with Crippen LogP contribution >= 0.6 is 11.6 Å². The molecule has 0 bridgehead atoms. The summed E-state index contributed by atoms with van der Waals surface area (Å²) in [6.07, 6.45) is 2.71. The van der Waals surface area contributed by atoms with Crippen LogP contribution in [-0.4, -0.2) is 66.2 Å². The van der Waals surface area contributed by atoms with Crippen molar-refractivity contribution in [1.82, 2.24) is 25.5 Å². The minimum absolute atomic E-state index is 0.0764. The van der Waals surface area contributed by atoms with Gasteiger partial charge < -0.3 is 21.7 Å². The number of hydrogen-bond acceptors (Lipinski definition) is 10. The Balaban J connectivity index is 1.13. The number of carbonyl (C=O) groups is 2. The summed E-state index contributed by atoms with van der Waals surface area (Å²) < 4.78 is 27.0. The van der Waals surface area contributed by atoms with E-state index < -0.39 is 26.5 Å². The Morgan fingerprint density at radius 1 is 1.00 bits per heavy atom. The van der Waals surface area contributed by atoms with E-state index in [9.17, 15) is 18.0 Å². The highest BCUT2D eigenvalue weighted by molar-refractivity contribution is 7.91. The zero-order chi connectivity index (χ0) is 29.6. The summed E-state index contributed by atoms with van der Waals surface area (Å²) in [5.74, 6) is -0.826. The van der Waals surface area contributed by atoms with Gasteiger partial charge in [0.1, 0.15) is 5.25 Å². The van der Waals surface area contributed by atoms with Crippen molar-refractivity contribution in [2.75, 3.05) is 31.1 Å². The van der Waals surface area contributed by atoms with Gasteiger partial charge in [-0.1, -0.05) is 54.1 Å². The second-order valence-electron chi connectivity index (χ2n) is 10.4. The van der Waals surface area contributed by atoms with Gasteiger partial charge in [0.2, 0.25) is 0 Å². The first-order valence-corrected chi connectivity index (χ1v) is 15.1. The average molecular weight is 607 g/mol. The van der Waals surface area contributed by atoms with Crippen molar-refractivity contribution in [2.45, 2.75) is 28.5 Å². The number of aliphatic imine (C=N–C) groups is 1. The third-order valence-corrected chi connectivity index (χ3v) is 10.1. The molecule has 2 aliphatic heterocycles. The Labute approximate surface area is 246 Å². The fourth-order valence-electron chi connectivity index (χ4n) is 5.52. The van der Waals surface area contributed by atoms with E-state index in [0.717, 1.165) is 0 Å². The van der Waals surface area contributed by atoms with Gasteiger partial charge in [0, 0.05) is 18.7 Å². The van der Waals surface area contributed by atoms with Gasteiger partial charge in [-0.05, 0) is 42.2 Å². The summed E-state index contributed by atoms with van der Waals surface area (Å²) in [5.41, 5.74) is 12.4. The second kappa shape index (κ2) is 10.4. The van der Waals surface area contributed by atoms with Crippen LogP contribution in [0.2, 0.25) is 5.15 Å². The molecule has 3 aromatic rings. The summed E-state index contributed by atoms with van der Waals surface area (Å²) in [5, 5.41) is 4.85. The lowest BCUT2D eigenvalue weighted by molar-refractivity contribution is -0.126. The number of nitrogens with one attached hydrogen (secondary N) is 2. The number of carbonyl (C=O) groups excluding carboxylic acids is 2. The lowest BCUT2D eigenvalue weighted by Crippen LogP contribution is -2.57. The van der Waals surface area contributed by atoms with Crippen molar-refractivity contribution < 1.29 is 18.0 Å². The number of rotatable bonds is 4. The number of aromatic nitrogens is 2. The number of guanidine groups is 1. The largest absolute Gasteiger partial charge is 0.382 e. The van der Waals surface area contributed by atoms with E-state index in [1.165, 1.54) is 0 Å². The SMILES string of the molecule is Nc1nc(N)c(C(=O)NC2=NCC3(CCN(C(=O)C4=CC(S(=O)(=O)c5ccccc5)c5ccccc54)CC3)N2)nc1Cl. The van der Waals surface area contributed by atoms with Gasteiger partial charge in [-0.25, -0.2) is 18.4 Å². The number of sulfone groups is 1. The molecule has 1 saturated heterocycles. The summed E-state index contributed by atoms with van der Waals surface area (Å²) in [4.78, 5) is 40.6. The van der Waals surface area contributed by atoms with Crippen LogP contribution in [0.1, 0.15) is 39.7 Å². The van der Waals surface area contributed by atoms with Crippen molar-refractivity contribution in [2.24, 2.45) is 4.99 Å². The number of benzene rings is 2. The number of likely N-dealkylation sites (tertiary alicyclic amines) is 1. The standard InChI is InChI=1S/C28H27ClN8O4S/c29-22-24(31)34-23(30)21(33-22)25(38)35-27-32-15-28(36-27)10-12-37(13-11-28)26(39)19-14-20(18-9-5-4-8-17(18)19)42(40,41)16-6-2-1-3-7-16/h1-9,14,20H,10-13,15H2,(H4,30,31,34)(H2,32,35,36,38). The smallest absolute Gasteiger partial charge is 0.280 e. The molecule has 2 aromatic carbocycles. The van der Waals surface area contributed by atoms with Crippen LogP contribution in [0.5, 0.6) is 0 Å². The van der Waals surface area contributed by atoms with E-state index in [1.54, 1.807) is 65.6 Å². The van der Waals surface area contributed by atoms with Crippen LogP contribution < -0.4 is 22.1 Å². The number of amides is 2. The number of hydrogen-bond donors (Lipinski definition) is 4. The highest BCUT2D eigenvalue weighted by Gasteiger charge is 2.42. The molecule has 2 amide bonds. The van der Waals surface area contributed by atoms with E-state index in [0.29, 0.717) is 49.2 Å². The molecule has 1 aromatic heterocycles. The molecule has 12 nitrogen and oxygen atoms in total. The first-order chi connectivity index (χ1) is 20.1. The van der Waals surface area contributed by atoms with Crippen LogP contribution in [-0.2, 0) is 14.6 Å². The van der Waals surface area contributed by atoms with Crippen LogP contribution in [0.4, 0.5) is 11.6 Å². The van der Waals surface area contributed by atoms with Gasteiger partial charge >= 0.3 is 0 Å². The number of piperidine rings is 1. The fourth-order valence-corrected chi connectivity index (χ4v) is 7.33. The van der Waals surface area contributed by atoms with E-state index in [4.69, 9.17) is 23.1 Å². The summed E-state index contributed by atoms with van der Waals surface area (Å²) in [6, 6.07) is 15.4. The molecule has 216 valence electrons. The summed E-state index contributed by atoms with van der Waals surface area (Å²) in [6.45, 7) is 1.24. The molecule has 42 heavy (non-hydrogen) atoms. The third-order valence-electron chi connectivity index (χ3n) is 7.79. The number of nitrogen functional groups attached to an aromatic ring is 2. The van der Waals surface area contributed by atoms with Gasteiger partial charge in [-0.3, -0.25) is 19.9 Å². The van der Waals surface area contributed by atoms with Crippen molar-refractivity contribution in [3.05, 3.63) is 82.6 Å². The average Bonchev–Trinajstić information content (AvgIpc) is 3.57. The molecule has 3 aliphatic rings. The van der Waals surface area contributed by atoms with Gasteiger partial charge in [0.25, 0.3) is 11.8 Å². The van der Waals surface area contributed by atoms with Crippen LogP contribution in [0.3, 0.4) is 0 Å². The minimum atomic E-state index is -3.75. The van der Waals surface area contributed by atoms with Gasteiger partial charge in [0.05, 0.1) is 17.0 Å². The van der Waals surface area contributed by atoms with Gasteiger partial charge in [-0.2, -0.15) is 0 Å². The van der Waals surface area contributed by atoms with E-state index in [-0.39, 0.29) is 39.2 Å². The molecular formula is C28H27ClN8O4S. The molecule has 0 saturated carbocycles. The Kier molecular flexibility index (Phi) is 6.86. The van der Waals surface area contributed by atoms with E-state index >= 15 is 0 Å². The minimum Gasteiger partial charge on any atom is -0.382 e. The molecule has 1 fully saturated rings. The normalized spacial score (nSPS) is 19.1. The molecule has 3 heterocycles. The maximum atomic E-state index is 13.7. The Morgan fingerprint density at radius 3 is 2.43 bits per heavy atom. The quantitative estimate of drug-likeness (QED) is 0.344. The number of nitrogens with zero attached hydrogens (tertiary/aromatic N) is 4. The van der Waals surface area contributed by atoms with Crippen molar-refractivity contribution in [3.63, 3.8) is 0 Å². The van der Waals surface area contributed by atoms with Crippen LogP contribution in [0.15, 0.2) is 70.6 Å². The third kappa shape index (κ3) is 4.84. The summed E-state index contributed by atoms with van der Waals surface area (Å²) >= 11 is 5.89. The zero-order valence-corrected chi connectivity index (χ0v) is 23.8. The van der Waals surface area contributed by atoms with Gasteiger partial charge in [0.15, 0.2) is 38.3 Å². The molecule has 1 aliphatic carbocycles. The predicted octanol–water partition coefficient (Wildman–Crippen LogP) is 1.96. The van der Waals surface area contributed by atoms with E-state index in [1.807, 2.05) is 0 Å². The number of fused-ring (bicyclic) bond motifs is 1. The first-order valence-electron chi connectivity index (χ1n) is 13.2. The lowest BCUT2D eigenvalue weighted by atomic mass is 9.88. The molecule has 0 radical (unpaired) electrons. The maximum absolute atomic E-state index is 13.7. The fraction of sp³-hybridized carbons (Fsp3) is 0.250. The number of anilines is 2. The predicted molar refractivity (Wildman–Crippen MR) is 158 cm³/mol. The Morgan fingerprint density at radius 2 is 1.69 bits per heavy atom. The monoisotopic (exact) mass is 606 g/mol. The Bertz CT molecular complexity index is 1770. The van der Waals surface area contributed by atoms with Crippen molar-refractivity contribution in [3.8, 4) is 0 Å². The first kappa shape index (κ1) is 27.7. The molecule has 14 heteroatoms. The summed E-state index contributed by atoms with van der Waals surface area (Å²) in [7, 11) is -3.75. The number of halogens is 1. The maximum Gasteiger partial charge on any atom is 0.280 e. The highest BCUT2D eigenvalue weighted by Crippen LogP contribution is 2.42. The molecule has 1 spiro atoms. The van der Waals surface area contributed by atoms with Gasteiger partial charge in [-0.15, -0.1) is 0 Å². The number of nitrogens with two attached hydrogens (primary N) is 2. The second-order valence-corrected chi connectivity index (χ2v) is 12.8. The Hall–Kier alpha value is -4.49. The van der Waals surface area contributed by atoms with Crippen molar-refractivity contribution in [1.29, 1.82) is 0 Å². The highest BCUT2D eigenvalue weighted by atomic mass is 35.5. The van der Waals surface area contributed by atoms with E-state index in [2.05, 4.69) is 25.6 Å². The zero-order valence-electron chi connectivity index (χ0n) is 22.2. The van der Waals surface area contributed by atoms with Crippen LogP contribution in [0, 0.1) is 0 Å².